The van der Waals surface area contributed by atoms with Gasteiger partial charge in [-0.1, -0.05) is 19.1 Å². The summed E-state index contributed by atoms with van der Waals surface area (Å²) in [5.74, 6) is -3.28. The van der Waals surface area contributed by atoms with Gasteiger partial charge in [0.25, 0.3) is 5.91 Å². The first-order chi connectivity index (χ1) is 10.5. The Balaban J connectivity index is 2.08. The van der Waals surface area contributed by atoms with E-state index in [4.69, 9.17) is 4.74 Å². The lowest BCUT2D eigenvalue weighted by Crippen LogP contribution is -2.32. The van der Waals surface area contributed by atoms with E-state index in [9.17, 15) is 18.0 Å². The molecule has 1 amide bonds. The third-order valence-electron chi connectivity index (χ3n) is 2.96. The summed E-state index contributed by atoms with van der Waals surface area (Å²) < 4.78 is 44.8. The van der Waals surface area contributed by atoms with Gasteiger partial charge in [0, 0.05) is 11.8 Å². The molecule has 0 saturated carbocycles. The Morgan fingerprint density at radius 1 is 1.09 bits per heavy atom. The average Bonchev–Trinajstić information content (AvgIpc) is 2.50. The van der Waals surface area contributed by atoms with Crippen molar-refractivity contribution < 1.29 is 22.7 Å². The highest BCUT2D eigenvalue weighted by atomic mass is 19.2. The zero-order valence-corrected chi connectivity index (χ0v) is 11.8. The van der Waals surface area contributed by atoms with Crippen LogP contribution < -0.4 is 10.1 Å². The molecule has 1 atom stereocenters. The molecule has 3 nitrogen and oxygen atoms in total. The molecule has 0 radical (unpaired) electrons. The number of carbonyl (C=O) groups excluding carboxylic acids is 1. The Labute approximate surface area is 125 Å². The summed E-state index contributed by atoms with van der Waals surface area (Å²) in [5.41, 5.74) is 0.0967. The van der Waals surface area contributed by atoms with Crippen LogP contribution in [0.5, 0.6) is 5.75 Å². The van der Waals surface area contributed by atoms with E-state index in [1.807, 2.05) is 0 Å². The van der Waals surface area contributed by atoms with Crippen LogP contribution in [0.1, 0.15) is 13.3 Å². The quantitative estimate of drug-likeness (QED) is 0.909. The van der Waals surface area contributed by atoms with Gasteiger partial charge in [-0.2, -0.15) is 0 Å². The predicted molar refractivity (Wildman–Crippen MR) is 76.1 cm³/mol. The van der Waals surface area contributed by atoms with Crippen molar-refractivity contribution in [2.75, 3.05) is 5.32 Å². The van der Waals surface area contributed by atoms with Gasteiger partial charge in [-0.25, -0.2) is 13.2 Å². The van der Waals surface area contributed by atoms with Gasteiger partial charge in [0.2, 0.25) is 0 Å². The van der Waals surface area contributed by atoms with Crippen molar-refractivity contribution in [3.05, 3.63) is 59.9 Å². The first-order valence-electron chi connectivity index (χ1n) is 6.68. The maximum atomic E-state index is 13.5. The Kier molecular flexibility index (Phi) is 5.04. The van der Waals surface area contributed by atoms with Crippen molar-refractivity contribution in [3.63, 3.8) is 0 Å². The maximum Gasteiger partial charge on any atom is 0.265 e. The highest BCUT2D eigenvalue weighted by molar-refractivity contribution is 5.94. The molecule has 0 fully saturated rings. The van der Waals surface area contributed by atoms with Crippen LogP contribution >= 0.6 is 0 Å². The number of hydrogen-bond donors (Lipinski definition) is 1. The standard InChI is InChI=1S/C16H14F3NO2/c1-2-14(22-15-6-4-3-5-12(15)18)16(21)20-10-7-8-11(17)13(19)9-10/h3-9,14H,2H2,1H3,(H,20,21)/t14-/m0/s1. The zero-order chi connectivity index (χ0) is 16.1. The molecule has 2 aromatic rings. The van der Waals surface area contributed by atoms with Gasteiger partial charge >= 0.3 is 0 Å². The van der Waals surface area contributed by atoms with E-state index in [0.717, 1.165) is 12.1 Å². The fourth-order valence-electron chi connectivity index (χ4n) is 1.81. The second-order valence-electron chi connectivity index (χ2n) is 4.56. The van der Waals surface area contributed by atoms with Gasteiger partial charge in [0.1, 0.15) is 0 Å². The molecule has 0 bridgehead atoms. The molecular formula is C16H14F3NO2. The van der Waals surface area contributed by atoms with Gasteiger partial charge in [0.15, 0.2) is 29.3 Å². The Bertz CT molecular complexity index is 676. The van der Waals surface area contributed by atoms with E-state index >= 15 is 0 Å². The van der Waals surface area contributed by atoms with Gasteiger partial charge in [-0.15, -0.1) is 0 Å². The second-order valence-corrected chi connectivity index (χ2v) is 4.56. The summed E-state index contributed by atoms with van der Waals surface area (Å²) in [5, 5.41) is 2.41. The van der Waals surface area contributed by atoms with Crippen molar-refractivity contribution >= 4 is 11.6 Å². The lowest BCUT2D eigenvalue weighted by Gasteiger charge is -2.17. The fourth-order valence-corrected chi connectivity index (χ4v) is 1.81. The van der Waals surface area contributed by atoms with Crippen LogP contribution in [0.25, 0.3) is 0 Å². The van der Waals surface area contributed by atoms with Crippen molar-refractivity contribution in [3.8, 4) is 5.75 Å². The molecule has 0 aliphatic carbocycles. The molecule has 0 aromatic heterocycles. The number of ether oxygens (including phenoxy) is 1. The summed E-state index contributed by atoms with van der Waals surface area (Å²) in [7, 11) is 0. The number of anilines is 1. The minimum absolute atomic E-state index is 0.0465. The van der Waals surface area contributed by atoms with Gasteiger partial charge in [0.05, 0.1) is 0 Å². The summed E-state index contributed by atoms with van der Waals surface area (Å²) in [6.45, 7) is 1.69. The van der Waals surface area contributed by atoms with Crippen LogP contribution in [0.2, 0.25) is 0 Å². The lowest BCUT2D eigenvalue weighted by atomic mass is 10.2. The molecule has 0 aliphatic heterocycles. The van der Waals surface area contributed by atoms with Crippen LogP contribution in [-0.2, 0) is 4.79 Å². The number of carbonyl (C=O) groups is 1. The molecule has 0 unspecified atom stereocenters. The number of amides is 1. The first-order valence-corrected chi connectivity index (χ1v) is 6.68. The largest absolute Gasteiger partial charge is 0.478 e. The van der Waals surface area contributed by atoms with E-state index in [1.54, 1.807) is 13.0 Å². The lowest BCUT2D eigenvalue weighted by molar-refractivity contribution is -0.122. The van der Waals surface area contributed by atoms with Gasteiger partial charge in [-0.3, -0.25) is 4.79 Å². The molecule has 22 heavy (non-hydrogen) atoms. The highest BCUT2D eigenvalue weighted by Gasteiger charge is 2.20. The summed E-state index contributed by atoms with van der Waals surface area (Å²) in [6, 6.07) is 8.71. The molecule has 2 rings (SSSR count). The van der Waals surface area contributed by atoms with E-state index < -0.39 is 29.5 Å². The SMILES string of the molecule is CC[C@H](Oc1ccccc1F)C(=O)Nc1ccc(F)c(F)c1. The van der Waals surface area contributed by atoms with Crippen molar-refractivity contribution in [1.82, 2.24) is 0 Å². The molecule has 116 valence electrons. The normalized spacial score (nSPS) is 11.8. The minimum Gasteiger partial charge on any atom is -0.478 e. The van der Waals surface area contributed by atoms with E-state index in [0.29, 0.717) is 0 Å². The molecule has 0 aliphatic rings. The number of rotatable bonds is 5. The number of para-hydroxylation sites is 1. The second kappa shape index (κ2) is 6.98. The predicted octanol–water partition coefficient (Wildman–Crippen LogP) is 3.90. The van der Waals surface area contributed by atoms with Crippen LogP contribution in [0.15, 0.2) is 42.5 Å². The molecule has 6 heteroatoms. The fraction of sp³-hybridized carbons (Fsp3) is 0.188. The van der Waals surface area contributed by atoms with Crippen molar-refractivity contribution in [2.45, 2.75) is 19.4 Å². The third-order valence-corrected chi connectivity index (χ3v) is 2.96. The number of nitrogens with one attached hydrogen (secondary N) is 1. The topological polar surface area (TPSA) is 38.3 Å². The number of halogens is 3. The number of hydrogen-bond acceptors (Lipinski definition) is 2. The van der Waals surface area contributed by atoms with Crippen LogP contribution in [-0.4, -0.2) is 12.0 Å². The summed E-state index contributed by atoms with van der Waals surface area (Å²) >= 11 is 0. The molecular weight excluding hydrogens is 295 g/mol. The minimum atomic E-state index is -1.07. The maximum absolute atomic E-state index is 13.5. The summed E-state index contributed by atoms with van der Waals surface area (Å²) in [4.78, 5) is 12.1. The smallest absolute Gasteiger partial charge is 0.265 e. The van der Waals surface area contributed by atoms with Crippen molar-refractivity contribution in [2.24, 2.45) is 0 Å². The Morgan fingerprint density at radius 2 is 1.82 bits per heavy atom. The van der Waals surface area contributed by atoms with Crippen LogP contribution in [0, 0.1) is 17.5 Å². The third kappa shape index (κ3) is 3.78. The molecule has 2 aromatic carbocycles. The molecule has 0 saturated heterocycles. The highest BCUT2D eigenvalue weighted by Crippen LogP contribution is 2.19. The van der Waals surface area contributed by atoms with E-state index in [-0.39, 0.29) is 17.9 Å². The molecule has 0 heterocycles. The Morgan fingerprint density at radius 3 is 2.45 bits per heavy atom. The summed E-state index contributed by atoms with van der Waals surface area (Å²) in [6.07, 6.45) is -0.672. The van der Waals surface area contributed by atoms with Crippen LogP contribution in [0.4, 0.5) is 18.9 Å². The monoisotopic (exact) mass is 309 g/mol. The number of benzene rings is 2. The van der Waals surface area contributed by atoms with E-state index in [2.05, 4.69) is 5.32 Å². The molecule has 0 spiro atoms. The van der Waals surface area contributed by atoms with Gasteiger partial charge in [-0.05, 0) is 30.7 Å². The van der Waals surface area contributed by atoms with Crippen molar-refractivity contribution in [1.29, 1.82) is 0 Å². The van der Waals surface area contributed by atoms with E-state index in [1.165, 1.54) is 24.3 Å². The average molecular weight is 309 g/mol. The van der Waals surface area contributed by atoms with Crippen LogP contribution in [0.3, 0.4) is 0 Å². The Hall–Kier alpha value is -2.50. The first kappa shape index (κ1) is 15.9. The molecule has 1 N–H and O–H groups in total. The van der Waals surface area contributed by atoms with Gasteiger partial charge < -0.3 is 10.1 Å². The zero-order valence-electron chi connectivity index (χ0n) is 11.8.